The predicted octanol–water partition coefficient (Wildman–Crippen LogP) is 2.46. The molecule has 1 aliphatic heterocycles. The third-order valence-electron chi connectivity index (χ3n) is 4.06. The molecule has 3 N–H and O–H groups in total. The van der Waals surface area contributed by atoms with Gasteiger partial charge in [-0.2, -0.15) is 0 Å². The summed E-state index contributed by atoms with van der Waals surface area (Å²) in [7, 11) is 0. The van der Waals surface area contributed by atoms with Crippen LogP contribution < -0.4 is 5.32 Å². The average molecular weight is 306 g/mol. The Bertz CT molecular complexity index is 521. The molecule has 2 rings (SSSR count). The van der Waals surface area contributed by atoms with Crippen molar-refractivity contribution in [3.63, 3.8) is 0 Å². The molecule has 2 amide bonds. The zero-order chi connectivity index (χ0) is 16.1. The van der Waals surface area contributed by atoms with E-state index in [1.54, 1.807) is 12.1 Å². The lowest BCUT2D eigenvalue weighted by Crippen LogP contribution is -2.37. The lowest BCUT2D eigenvalue weighted by atomic mass is 9.89. The molecule has 1 atom stereocenters. The summed E-state index contributed by atoms with van der Waals surface area (Å²) in [5, 5.41) is 21.9. The predicted molar refractivity (Wildman–Crippen MR) is 82.6 cm³/mol. The third kappa shape index (κ3) is 4.46. The van der Waals surface area contributed by atoms with Crippen LogP contribution in [0.5, 0.6) is 0 Å². The number of rotatable bonds is 4. The van der Waals surface area contributed by atoms with Crippen LogP contribution in [0, 0.1) is 5.92 Å². The van der Waals surface area contributed by atoms with Crippen LogP contribution in [-0.4, -0.2) is 40.2 Å². The number of hydrogen-bond acceptors (Lipinski definition) is 3. The van der Waals surface area contributed by atoms with E-state index in [1.165, 1.54) is 11.8 Å². The van der Waals surface area contributed by atoms with E-state index < -0.39 is 12.2 Å². The molecular formula is C16H22N2O4. The summed E-state index contributed by atoms with van der Waals surface area (Å²) >= 11 is 0. The van der Waals surface area contributed by atoms with Gasteiger partial charge < -0.3 is 20.4 Å². The Labute approximate surface area is 129 Å². The molecule has 22 heavy (non-hydrogen) atoms. The molecular weight excluding hydrogens is 284 g/mol. The lowest BCUT2D eigenvalue weighted by Gasteiger charge is -2.31. The van der Waals surface area contributed by atoms with Crippen LogP contribution in [0.15, 0.2) is 24.3 Å². The first-order chi connectivity index (χ1) is 10.5. The standard InChI is InChI=1S/C16H22N2O4/c1-11(19)17-14-4-2-13(3-5-14)15(20)10-12-6-8-18(9-7-12)16(21)22/h2-5,12,15,20H,6-10H2,1H3,(H,17,19)(H,21,22). The number of amides is 2. The minimum absolute atomic E-state index is 0.126. The second-order valence-corrected chi connectivity index (χ2v) is 5.77. The van der Waals surface area contributed by atoms with E-state index in [2.05, 4.69) is 5.32 Å². The van der Waals surface area contributed by atoms with E-state index in [0.717, 1.165) is 18.4 Å². The van der Waals surface area contributed by atoms with E-state index in [9.17, 15) is 14.7 Å². The van der Waals surface area contributed by atoms with Crippen LogP contribution in [0.4, 0.5) is 10.5 Å². The van der Waals surface area contributed by atoms with Gasteiger partial charge in [-0.25, -0.2) is 4.79 Å². The Hall–Kier alpha value is -2.08. The van der Waals surface area contributed by atoms with E-state index in [-0.39, 0.29) is 5.91 Å². The molecule has 0 spiro atoms. The SMILES string of the molecule is CC(=O)Nc1ccc(C(O)CC2CCN(C(=O)O)CC2)cc1. The fourth-order valence-corrected chi connectivity index (χ4v) is 2.80. The lowest BCUT2D eigenvalue weighted by molar-refractivity contribution is -0.114. The van der Waals surface area contributed by atoms with Gasteiger partial charge in [0.25, 0.3) is 0 Å². The van der Waals surface area contributed by atoms with E-state index in [4.69, 9.17) is 5.11 Å². The molecule has 1 heterocycles. The van der Waals surface area contributed by atoms with Gasteiger partial charge in [-0.1, -0.05) is 12.1 Å². The van der Waals surface area contributed by atoms with Gasteiger partial charge in [-0.15, -0.1) is 0 Å². The van der Waals surface area contributed by atoms with E-state index >= 15 is 0 Å². The maximum absolute atomic E-state index is 11.0. The second-order valence-electron chi connectivity index (χ2n) is 5.77. The van der Waals surface area contributed by atoms with Crippen molar-refractivity contribution in [2.24, 2.45) is 5.92 Å². The quantitative estimate of drug-likeness (QED) is 0.797. The monoisotopic (exact) mass is 306 g/mol. The Morgan fingerprint density at radius 1 is 1.27 bits per heavy atom. The summed E-state index contributed by atoms with van der Waals surface area (Å²) in [5.41, 5.74) is 1.52. The Kier molecular flexibility index (Phi) is 5.38. The molecule has 0 bridgehead atoms. The number of hydrogen-bond donors (Lipinski definition) is 3. The number of nitrogens with one attached hydrogen (secondary N) is 1. The van der Waals surface area contributed by atoms with Crippen LogP contribution in [0.3, 0.4) is 0 Å². The molecule has 6 nitrogen and oxygen atoms in total. The zero-order valence-corrected chi connectivity index (χ0v) is 12.7. The van der Waals surface area contributed by atoms with Crippen molar-refractivity contribution < 1.29 is 19.8 Å². The highest BCUT2D eigenvalue weighted by Gasteiger charge is 2.24. The van der Waals surface area contributed by atoms with Crippen molar-refractivity contribution in [2.75, 3.05) is 18.4 Å². The molecule has 0 aromatic heterocycles. The molecule has 0 aliphatic carbocycles. The fraction of sp³-hybridized carbons (Fsp3) is 0.500. The molecule has 120 valence electrons. The van der Waals surface area contributed by atoms with Crippen LogP contribution in [0.2, 0.25) is 0 Å². The summed E-state index contributed by atoms with van der Waals surface area (Å²) in [6.07, 6.45) is 0.772. The summed E-state index contributed by atoms with van der Waals surface area (Å²) in [4.78, 5) is 23.2. The van der Waals surface area contributed by atoms with Crippen molar-refractivity contribution in [3.05, 3.63) is 29.8 Å². The van der Waals surface area contributed by atoms with Gasteiger partial charge in [0.15, 0.2) is 0 Å². The first-order valence-corrected chi connectivity index (χ1v) is 7.49. The number of carboxylic acid groups (broad SMARTS) is 1. The van der Waals surface area contributed by atoms with E-state index in [1.807, 2.05) is 12.1 Å². The number of carbonyl (C=O) groups is 2. The van der Waals surface area contributed by atoms with Crippen molar-refractivity contribution in [1.29, 1.82) is 0 Å². The van der Waals surface area contributed by atoms with Gasteiger partial charge in [0.2, 0.25) is 5.91 Å². The van der Waals surface area contributed by atoms with Crippen molar-refractivity contribution in [3.8, 4) is 0 Å². The number of piperidine rings is 1. The first-order valence-electron chi connectivity index (χ1n) is 7.49. The van der Waals surface area contributed by atoms with E-state index in [0.29, 0.717) is 31.1 Å². The highest BCUT2D eigenvalue weighted by atomic mass is 16.4. The van der Waals surface area contributed by atoms with Crippen LogP contribution in [0.1, 0.15) is 37.9 Å². The van der Waals surface area contributed by atoms with Gasteiger partial charge in [0.05, 0.1) is 6.10 Å². The second kappa shape index (κ2) is 7.26. The summed E-state index contributed by atoms with van der Waals surface area (Å²) < 4.78 is 0. The maximum atomic E-state index is 11.0. The largest absolute Gasteiger partial charge is 0.465 e. The number of nitrogens with zero attached hydrogens (tertiary/aromatic N) is 1. The van der Waals surface area contributed by atoms with Crippen LogP contribution in [0.25, 0.3) is 0 Å². The van der Waals surface area contributed by atoms with Gasteiger partial charge in [-0.05, 0) is 42.9 Å². The molecule has 1 unspecified atom stereocenters. The van der Waals surface area contributed by atoms with Gasteiger partial charge in [-0.3, -0.25) is 4.79 Å². The average Bonchev–Trinajstić information content (AvgIpc) is 2.48. The minimum atomic E-state index is -0.868. The number of carbonyl (C=O) groups excluding carboxylic acids is 1. The number of benzene rings is 1. The molecule has 1 aromatic carbocycles. The number of likely N-dealkylation sites (tertiary alicyclic amines) is 1. The fourth-order valence-electron chi connectivity index (χ4n) is 2.80. The van der Waals surface area contributed by atoms with Crippen molar-refractivity contribution in [1.82, 2.24) is 4.90 Å². The smallest absolute Gasteiger partial charge is 0.407 e. The molecule has 1 fully saturated rings. The molecule has 1 aromatic rings. The number of aliphatic hydroxyl groups excluding tert-OH is 1. The molecule has 1 aliphatic rings. The molecule has 6 heteroatoms. The summed E-state index contributed by atoms with van der Waals surface area (Å²) in [6.45, 7) is 2.52. The minimum Gasteiger partial charge on any atom is -0.465 e. The molecule has 0 saturated carbocycles. The van der Waals surface area contributed by atoms with Gasteiger partial charge >= 0.3 is 6.09 Å². The topological polar surface area (TPSA) is 89.9 Å². The summed E-state index contributed by atoms with van der Waals surface area (Å²) in [5.74, 6) is 0.208. The first kappa shape index (κ1) is 16.3. The normalized spacial score (nSPS) is 17.1. The third-order valence-corrected chi connectivity index (χ3v) is 4.06. The van der Waals surface area contributed by atoms with Gasteiger partial charge in [0, 0.05) is 25.7 Å². The Morgan fingerprint density at radius 3 is 2.36 bits per heavy atom. The number of aliphatic hydroxyl groups is 1. The Balaban J connectivity index is 1.86. The zero-order valence-electron chi connectivity index (χ0n) is 12.7. The van der Waals surface area contributed by atoms with Crippen LogP contribution >= 0.6 is 0 Å². The molecule has 0 radical (unpaired) electrons. The maximum Gasteiger partial charge on any atom is 0.407 e. The highest BCUT2D eigenvalue weighted by Crippen LogP contribution is 2.28. The number of anilines is 1. The summed E-state index contributed by atoms with van der Waals surface area (Å²) in [6, 6.07) is 7.16. The van der Waals surface area contributed by atoms with Crippen LogP contribution in [-0.2, 0) is 4.79 Å². The highest BCUT2D eigenvalue weighted by molar-refractivity contribution is 5.88. The molecule has 1 saturated heterocycles. The van der Waals surface area contributed by atoms with Crippen molar-refractivity contribution >= 4 is 17.7 Å². The van der Waals surface area contributed by atoms with Crippen molar-refractivity contribution in [2.45, 2.75) is 32.3 Å². The van der Waals surface area contributed by atoms with Gasteiger partial charge in [0.1, 0.15) is 0 Å². The Morgan fingerprint density at radius 2 is 1.86 bits per heavy atom.